The van der Waals surface area contributed by atoms with E-state index >= 15 is 0 Å². The first-order chi connectivity index (χ1) is 14.6. The highest BCUT2D eigenvalue weighted by molar-refractivity contribution is 6.30. The van der Waals surface area contributed by atoms with Crippen LogP contribution in [0, 0.1) is 5.82 Å². The van der Waals surface area contributed by atoms with Crippen LogP contribution in [0.5, 0.6) is 0 Å². The third-order valence-corrected chi connectivity index (χ3v) is 5.51. The molecule has 4 rings (SSSR count). The van der Waals surface area contributed by atoms with Crippen molar-refractivity contribution in [2.24, 2.45) is 0 Å². The molecule has 30 heavy (non-hydrogen) atoms. The Hall–Kier alpha value is -3.11. The molecule has 0 aromatic heterocycles. The van der Waals surface area contributed by atoms with Crippen molar-refractivity contribution in [1.82, 2.24) is 4.90 Å². The van der Waals surface area contributed by atoms with Gasteiger partial charge in [-0.1, -0.05) is 54.1 Å². The molecule has 0 radical (unpaired) electrons. The number of rotatable bonds is 4. The van der Waals surface area contributed by atoms with E-state index in [1.165, 1.54) is 17.8 Å². The number of hydrogen-bond acceptors (Lipinski definition) is 2. The van der Waals surface area contributed by atoms with Gasteiger partial charge in [-0.25, -0.2) is 4.39 Å². The van der Waals surface area contributed by atoms with Crippen molar-refractivity contribution in [3.8, 4) is 0 Å². The summed E-state index contributed by atoms with van der Waals surface area (Å²) in [5, 5.41) is 0.638. The monoisotopic (exact) mass is 420 g/mol. The van der Waals surface area contributed by atoms with Crippen LogP contribution in [0.1, 0.15) is 11.1 Å². The second kappa shape index (κ2) is 9.14. The van der Waals surface area contributed by atoms with E-state index in [4.69, 9.17) is 11.6 Å². The molecule has 1 amide bonds. The Morgan fingerprint density at radius 1 is 0.833 bits per heavy atom. The van der Waals surface area contributed by atoms with Gasteiger partial charge < -0.3 is 9.80 Å². The molecule has 3 aromatic carbocycles. The van der Waals surface area contributed by atoms with Gasteiger partial charge in [0.1, 0.15) is 5.82 Å². The lowest BCUT2D eigenvalue weighted by Gasteiger charge is -2.36. The highest BCUT2D eigenvalue weighted by Crippen LogP contribution is 2.24. The number of anilines is 1. The van der Waals surface area contributed by atoms with Gasteiger partial charge in [-0.3, -0.25) is 4.79 Å². The summed E-state index contributed by atoms with van der Waals surface area (Å²) in [6, 6.07) is 23.6. The topological polar surface area (TPSA) is 23.6 Å². The molecule has 1 saturated heterocycles. The highest BCUT2D eigenvalue weighted by atomic mass is 35.5. The van der Waals surface area contributed by atoms with Gasteiger partial charge in [0, 0.05) is 42.5 Å². The second-order valence-electron chi connectivity index (χ2n) is 7.23. The molecule has 0 saturated carbocycles. The molecule has 1 fully saturated rings. The van der Waals surface area contributed by atoms with Crippen LogP contribution in [-0.4, -0.2) is 37.0 Å². The number of carbonyl (C=O) groups excluding carboxylic acids is 1. The zero-order chi connectivity index (χ0) is 20.9. The summed E-state index contributed by atoms with van der Waals surface area (Å²) >= 11 is 5.99. The van der Waals surface area contributed by atoms with Gasteiger partial charge >= 0.3 is 0 Å². The van der Waals surface area contributed by atoms with E-state index in [1.807, 2.05) is 41.3 Å². The summed E-state index contributed by atoms with van der Waals surface area (Å²) < 4.78 is 13.4. The van der Waals surface area contributed by atoms with Gasteiger partial charge in [-0.05, 0) is 53.6 Å². The Balaban J connectivity index is 1.57. The Kier molecular flexibility index (Phi) is 6.15. The van der Waals surface area contributed by atoms with Gasteiger partial charge in [0.2, 0.25) is 0 Å². The van der Waals surface area contributed by atoms with Gasteiger partial charge in [0.05, 0.1) is 0 Å². The minimum absolute atomic E-state index is 0.0516. The lowest BCUT2D eigenvalue weighted by atomic mass is 10.0. The summed E-state index contributed by atoms with van der Waals surface area (Å²) in [6.07, 6.45) is 1.84. The lowest BCUT2D eigenvalue weighted by Crippen LogP contribution is -2.49. The fourth-order valence-electron chi connectivity index (χ4n) is 3.60. The average molecular weight is 421 g/mol. The smallest absolute Gasteiger partial charge is 0.254 e. The average Bonchev–Trinajstić information content (AvgIpc) is 2.80. The maximum absolute atomic E-state index is 13.4. The number of amides is 1. The number of para-hydroxylation sites is 1. The molecule has 1 aliphatic heterocycles. The van der Waals surface area contributed by atoms with Crippen molar-refractivity contribution < 1.29 is 9.18 Å². The zero-order valence-electron chi connectivity index (χ0n) is 16.5. The summed E-state index contributed by atoms with van der Waals surface area (Å²) in [7, 11) is 0. The number of hydrogen-bond donors (Lipinski definition) is 0. The zero-order valence-corrected chi connectivity index (χ0v) is 17.2. The molecule has 3 nitrogen and oxygen atoms in total. The van der Waals surface area contributed by atoms with Crippen LogP contribution in [-0.2, 0) is 4.79 Å². The van der Waals surface area contributed by atoms with Crippen molar-refractivity contribution in [2.75, 3.05) is 31.1 Å². The van der Waals surface area contributed by atoms with Crippen molar-refractivity contribution >= 4 is 34.8 Å². The Morgan fingerprint density at radius 2 is 1.47 bits per heavy atom. The molecule has 0 unspecified atom stereocenters. The van der Waals surface area contributed by atoms with Crippen molar-refractivity contribution in [3.05, 3.63) is 101 Å². The van der Waals surface area contributed by atoms with Crippen LogP contribution in [0.25, 0.3) is 11.6 Å². The number of carbonyl (C=O) groups is 1. The van der Waals surface area contributed by atoms with E-state index < -0.39 is 0 Å². The summed E-state index contributed by atoms with van der Waals surface area (Å²) in [5.41, 5.74) is 3.28. The molecule has 1 heterocycles. The third kappa shape index (κ3) is 4.71. The molecular weight excluding hydrogens is 399 g/mol. The first-order valence-corrected chi connectivity index (χ1v) is 10.3. The maximum Gasteiger partial charge on any atom is 0.254 e. The summed E-state index contributed by atoms with van der Waals surface area (Å²) in [6.45, 7) is 2.81. The van der Waals surface area contributed by atoms with Gasteiger partial charge in [-0.15, -0.1) is 0 Å². The first kappa shape index (κ1) is 20.2. The molecule has 0 bridgehead atoms. The standard InChI is InChI=1S/C25H22ClFN2O/c26-21-10-6-19(7-11-21)18-24(20-8-12-22(27)13-9-20)25(30)29-16-14-28(15-17-29)23-4-2-1-3-5-23/h1-13,18H,14-17H2/b24-18+. The van der Waals surface area contributed by atoms with Crippen LogP contribution >= 0.6 is 11.6 Å². The summed E-state index contributed by atoms with van der Waals surface area (Å²) in [5.74, 6) is -0.377. The molecule has 152 valence electrons. The Bertz CT molecular complexity index is 1030. The molecule has 0 N–H and O–H groups in total. The van der Waals surface area contributed by atoms with Crippen molar-refractivity contribution in [1.29, 1.82) is 0 Å². The number of piperazine rings is 1. The predicted octanol–water partition coefficient (Wildman–Crippen LogP) is 5.37. The molecule has 1 aliphatic rings. The number of benzene rings is 3. The molecule has 5 heteroatoms. The molecule has 0 atom stereocenters. The van der Waals surface area contributed by atoms with Gasteiger partial charge in [-0.2, -0.15) is 0 Å². The van der Waals surface area contributed by atoms with Crippen LogP contribution in [0.4, 0.5) is 10.1 Å². The number of halogens is 2. The second-order valence-corrected chi connectivity index (χ2v) is 7.67. The fourth-order valence-corrected chi connectivity index (χ4v) is 3.73. The van der Waals surface area contributed by atoms with Crippen LogP contribution in [0.15, 0.2) is 78.9 Å². The largest absolute Gasteiger partial charge is 0.368 e. The molecular formula is C25H22ClFN2O. The third-order valence-electron chi connectivity index (χ3n) is 5.25. The Labute approximate surface area is 181 Å². The van der Waals surface area contributed by atoms with E-state index in [1.54, 1.807) is 24.3 Å². The number of nitrogens with zero attached hydrogens (tertiary/aromatic N) is 2. The van der Waals surface area contributed by atoms with Crippen LogP contribution in [0.3, 0.4) is 0 Å². The maximum atomic E-state index is 13.4. The highest BCUT2D eigenvalue weighted by Gasteiger charge is 2.24. The van der Waals surface area contributed by atoms with Crippen LogP contribution in [0.2, 0.25) is 5.02 Å². The Morgan fingerprint density at radius 3 is 2.10 bits per heavy atom. The molecule has 0 aliphatic carbocycles. The van der Waals surface area contributed by atoms with E-state index in [2.05, 4.69) is 17.0 Å². The SMILES string of the molecule is O=C(/C(=C/c1ccc(Cl)cc1)c1ccc(F)cc1)N1CCN(c2ccccc2)CC1. The van der Waals surface area contributed by atoms with Crippen LogP contribution < -0.4 is 4.90 Å². The van der Waals surface area contributed by atoms with Crippen molar-refractivity contribution in [2.45, 2.75) is 0 Å². The van der Waals surface area contributed by atoms with Gasteiger partial charge in [0.15, 0.2) is 0 Å². The minimum atomic E-state index is -0.325. The van der Waals surface area contributed by atoms with E-state index in [9.17, 15) is 9.18 Å². The lowest BCUT2D eigenvalue weighted by molar-refractivity contribution is -0.125. The fraction of sp³-hybridized carbons (Fsp3) is 0.160. The normalized spacial score (nSPS) is 14.7. The van der Waals surface area contributed by atoms with E-state index in [-0.39, 0.29) is 11.7 Å². The first-order valence-electron chi connectivity index (χ1n) is 9.92. The minimum Gasteiger partial charge on any atom is -0.368 e. The predicted molar refractivity (Wildman–Crippen MR) is 121 cm³/mol. The van der Waals surface area contributed by atoms with Gasteiger partial charge in [0.25, 0.3) is 5.91 Å². The van der Waals surface area contributed by atoms with E-state index in [0.29, 0.717) is 29.2 Å². The van der Waals surface area contributed by atoms with E-state index in [0.717, 1.165) is 18.7 Å². The summed E-state index contributed by atoms with van der Waals surface area (Å²) in [4.78, 5) is 17.6. The molecule has 0 spiro atoms. The molecule has 3 aromatic rings. The quantitative estimate of drug-likeness (QED) is 0.418. The van der Waals surface area contributed by atoms with Crippen molar-refractivity contribution in [3.63, 3.8) is 0 Å².